The van der Waals surface area contributed by atoms with Crippen LogP contribution in [-0.2, 0) is 5.41 Å². The number of hydrogen-bond donors (Lipinski definition) is 0. The SMILES string of the molecule is CC(C)(C)c1ccc2c(c1)c1cc(-c3ccccc3-c3ccc4c(c3)c3ccccc3c3nccnc43)ccc1n2-c1ccccc1. The summed E-state index contributed by atoms with van der Waals surface area (Å²) in [6.45, 7) is 6.86. The molecule has 2 heterocycles. The van der Waals surface area contributed by atoms with Crippen LogP contribution >= 0.6 is 0 Å². The van der Waals surface area contributed by atoms with Crippen molar-refractivity contribution in [1.82, 2.24) is 14.5 Å². The van der Waals surface area contributed by atoms with Crippen LogP contribution in [0.25, 0.3) is 82.3 Å². The average molecular weight is 604 g/mol. The summed E-state index contributed by atoms with van der Waals surface area (Å²) in [7, 11) is 0. The summed E-state index contributed by atoms with van der Waals surface area (Å²) in [5.41, 5.74) is 11.7. The van der Waals surface area contributed by atoms with Crippen molar-refractivity contribution < 1.29 is 0 Å². The van der Waals surface area contributed by atoms with E-state index in [0.29, 0.717) is 0 Å². The molecule has 0 aliphatic carbocycles. The third-order valence-electron chi connectivity index (χ3n) is 9.64. The molecule has 0 atom stereocenters. The van der Waals surface area contributed by atoms with Gasteiger partial charge in [-0.1, -0.05) is 112 Å². The van der Waals surface area contributed by atoms with Crippen LogP contribution in [-0.4, -0.2) is 14.5 Å². The maximum atomic E-state index is 4.76. The number of para-hydroxylation sites is 1. The van der Waals surface area contributed by atoms with Crippen LogP contribution in [0.1, 0.15) is 26.3 Å². The lowest BCUT2D eigenvalue weighted by molar-refractivity contribution is 0.591. The molecular weight excluding hydrogens is 571 g/mol. The summed E-state index contributed by atoms with van der Waals surface area (Å²) in [6.07, 6.45) is 3.57. The molecule has 0 saturated carbocycles. The molecule has 0 aliphatic heterocycles. The van der Waals surface area contributed by atoms with E-state index in [1.54, 1.807) is 12.4 Å². The third kappa shape index (κ3) is 4.34. The Labute approximate surface area is 273 Å². The molecule has 0 bridgehead atoms. The second kappa shape index (κ2) is 10.4. The molecule has 0 saturated heterocycles. The van der Waals surface area contributed by atoms with Gasteiger partial charge in [0.05, 0.1) is 22.1 Å². The summed E-state index contributed by atoms with van der Waals surface area (Å²) in [5.74, 6) is 0. The van der Waals surface area contributed by atoms with Crippen molar-refractivity contribution in [1.29, 1.82) is 0 Å². The van der Waals surface area contributed by atoms with Crippen molar-refractivity contribution >= 4 is 54.4 Å². The Hall–Kier alpha value is -5.80. The first-order valence-corrected chi connectivity index (χ1v) is 16.2. The van der Waals surface area contributed by atoms with Crippen LogP contribution in [0.5, 0.6) is 0 Å². The Morgan fingerprint density at radius 2 is 0.979 bits per heavy atom. The van der Waals surface area contributed by atoms with Gasteiger partial charge >= 0.3 is 0 Å². The molecule has 0 amide bonds. The fourth-order valence-electron chi connectivity index (χ4n) is 7.30. The van der Waals surface area contributed by atoms with E-state index in [-0.39, 0.29) is 5.41 Å². The Morgan fingerprint density at radius 3 is 1.66 bits per heavy atom. The highest BCUT2D eigenvalue weighted by molar-refractivity contribution is 6.23. The van der Waals surface area contributed by atoms with Gasteiger partial charge in [0.15, 0.2) is 0 Å². The second-order valence-corrected chi connectivity index (χ2v) is 13.5. The molecule has 0 spiro atoms. The predicted molar refractivity (Wildman–Crippen MR) is 198 cm³/mol. The maximum Gasteiger partial charge on any atom is 0.0971 e. The lowest BCUT2D eigenvalue weighted by Crippen LogP contribution is -2.10. The molecule has 3 heteroatoms. The van der Waals surface area contributed by atoms with Crippen LogP contribution < -0.4 is 0 Å². The first-order chi connectivity index (χ1) is 23.0. The van der Waals surface area contributed by atoms with E-state index in [0.717, 1.165) is 21.8 Å². The first-order valence-electron chi connectivity index (χ1n) is 16.2. The Kier molecular flexibility index (Phi) is 6.07. The van der Waals surface area contributed by atoms with Crippen LogP contribution in [0, 0.1) is 0 Å². The van der Waals surface area contributed by atoms with Gasteiger partial charge in [-0.05, 0) is 86.5 Å². The lowest BCUT2D eigenvalue weighted by Gasteiger charge is -2.19. The number of aromatic nitrogens is 3. The summed E-state index contributed by atoms with van der Waals surface area (Å²) >= 11 is 0. The van der Waals surface area contributed by atoms with Crippen molar-refractivity contribution in [2.24, 2.45) is 0 Å². The van der Waals surface area contributed by atoms with Gasteiger partial charge in [-0.2, -0.15) is 0 Å². The average Bonchev–Trinajstić information content (AvgIpc) is 3.44. The number of hydrogen-bond acceptors (Lipinski definition) is 2. The molecule has 0 N–H and O–H groups in total. The molecule has 0 aliphatic rings. The molecule has 224 valence electrons. The van der Waals surface area contributed by atoms with Gasteiger partial charge in [-0.15, -0.1) is 0 Å². The molecule has 0 unspecified atom stereocenters. The summed E-state index contributed by atoms with van der Waals surface area (Å²) in [6, 6.07) is 48.7. The molecular formula is C44H33N3. The Morgan fingerprint density at radius 1 is 0.447 bits per heavy atom. The third-order valence-corrected chi connectivity index (χ3v) is 9.64. The predicted octanol–water partition coefficient (Wildman–Crippen LogP) is 11.7. The molecule has 2 aromatic heterocycles. The van der Waals surface area contributed by atoms with Crippen molar-refractivity contribution in [2.45, 2.75) is 26.2 Å². The summed E-state index contributed by atoms with van der Waals surface area (Å²) < 4.78 is 2.40. The minimum absolute atomic E-state index is 0.0523. The zero-order valence-electron chi connectivity index (χ0n) is 26.7. The smallest absolute Gasteiger partial charge is 0.0971 e. The van der Waals surface area contributed by atoms with E-state index in [1.165, 1.54) is 66.1 Å². The van der Waals surface area contributed by atoms with E-state index in [1.807, 2.05) is 0 Å². The fourth-order valence-corrected chi connectivity index (χ4v) is 7.30. The van der Waals surface area contributed by atoms with Gasteiger partial charge in [0, 0.05) is 39.6 Å². The maximum absolute atomic E-state index is 4.76. The molecule has 9 aromatic rings. The summed E-state index contributed by atoms with van der Waals surface area (Å²) in [5, 5.41) is 7.18. The highest BCUT2D eigenvalue weighted by Crippen LogP contribution is 2.41. The van der Waals surface area contributed by atoms with Crippen LogP contribution in [0.15, 0.2) is 146 Å². The summed E-state index contributed by atoms with van der Waals surface area (Å²) in [4.78, 5) is 9.48. The number of nitrogens with zero attached hydrogens (tertiary/aromatic N) is 3. The van der Waals surface area contributed by atoms with Gasteiger partial charge in [0.2, 0.25) is 0 Å². The number of rotatable bonds is 3. The van der Waals surface area contributed by atoms with Crippen LogP contribution in [0.2, 0.25) is 0 Å². The minimum atomic E-state index is 0.0523. The molecule has 0 fully saturated rings. The van der Waals surface area contributed by atoms with Crippen molar-refractivity contribution in [3.8, 4) is 27.9 Å². The zero-order valence-corrected chi connectivity index (χ0v) is 26.7. The Bertz CT molecular complexity index is 2620. The normalized spacial score (nSPS) is 12.1. The van der Waals surface area contributed by atoms with Gasteiger partial charge in [0.1, 0.15) is 0 Å². The monoisotopic (exact) mass is 603 g/mol. The number of fused-ring (bicyclic) bond motifs is 9. The van der Waals surface area contributed by atoms with Gasteiger partial charge in [-0.25, -0.2) is 0 Å². The molecule has 9 rings (SSSR count). The Balaban J connectivity index is 1.28. The van der Waals surface area contributed by atoms with Crippen LogP contribution in [0.3, 0.4) is 0 Å². The molecule has 3 nitrogen and oxygen atoms in total. The molecule has 47 heavy (non-hydrogen) atoms. The van der Waals surface area contributed by atoms with Gasteiger partial charge in [-0.3, -0.25) is 9.97 Å². The highest BCUT2D eigenvalue weighted by atomic mass is 15.0. The standard InChI is InChI=1S/C44H33N3/c1-44(2,3)30-19-22-41-39(27-30)38-26-29(18-21-40(38)47(41)31-11-5-4-6-12-31)33-14-8-7-13-32(33)28-17-20-36-37(25-28)34-15-9-10-16-35(34)42-43(36)46-24-23-45-42/h4-27H,1-3H3. The van der Waals surface area contributed by atoms with E-state index >= 15 is 0 Å². The van der Waals surface area contributed by atoms with Crippen molar-refractivity contribution in [2.75, 3.05) is 0 Å². The molecule has 0 radical (unpaired) electrons. The zero-order chi connectivity index (χ0) is 31.7. The fraction of sp³-hybridized carbons (Fsp3) is 0.0909. The topological polar surface area (TPSA) is 30.7 Å². The van der Waals surface area contributed by atoms with Gasteiger partial charge < -0.3 is 4.57 Å². The van der Waals surface area contributed by atoms with E-state index in [2.05, 4.69) is 159 Å². The minimum Gasteiger partial charge on any atom is -0.309 e. The van der Waals surface area contributed by atoms with E-state index < -0.39 is 0 Å². The second-order valence-electron chi connectivity index (χ2n) is 13.5. The number of benzene rings is 7. The van der Waals surface area contributed by atoms with Crippen LogP contribution in [0.4, 0.5) is 0 Å². The van der Waals surface area contributed by atoms with Crippen molar-refractivity contribution in [3.63, 3.8) is 0 Å². The first kappa shape index (κ1) is 27.5. The highest BCUT2D eigenvalue weighted by Gasteiger charge is 2.19. The van der Waals surface area contributed by atoms with E-state index in [9.17, 15) is 0 Å². The lowest BCUT2D eigenvalue weighted by atomic mass is 9.86. The quantitative estimate of drug-likeness (QED) is 0.188. The van der Waals surface area contributed by atoms with Crippen molar-refractivity contribution in [3.05, 3.63) is 151 Å². The molecule has 7 aromatic carbocycles. The van der Waals surface area contributed by atoms with Gasteiger partial charge in [0.25, 0.3) is 0 Å². The largest absolute Gasteiger partial charge is 0.309 e. The van der Waals surface area contributed by atoms with E-state index in [4.69, 9.17) is 9.97 Å².